The van der Waals surface area contributed by atoms with E-state index in [9.17, 15) is 9.18 Å². The fourth-order valence-corrected chi connectivity index (χ4v) is 4.32. The number of benzene rings is 2. The smallest absolute Gasteiger partial charge is 0.322 e. The lowest BCUT2D eigenvalue weighted by molar-refractivity contribution is 0.0556. The van der Waals surface area contributed by atoms with Gasteiger partial charge in [-0.05, 0) is 49.1 Å². The Morgan fingerprint density at radius 1 is 1.26 bits per heavy atom. The number of rotatable bonds is 2. The van der Waals surface area contributed by atoms with E-state index in [1.807, 2.05) is 30.0 Å². The molecule has 0 radical (unpaired) electrons. The summed E-state index contributed by atoms with van der Waals surface area (Å²) >= 11 is 5.88. The first-order valence-electron chi connectivity index (χ1n) is 9.20. The number of urea groups is 1. The summed E-state index contributed by atoms with van der Waals surface area (Å²) in [6.45, 7) is 3.95. The zero-order valence-electron chi connectivity index (χ0n) is 15.2. The molecule has 1 atom stereocenters. The van der Waals surface area contributed by atoms with E-state index in [1.54, 1.807) is 12.1 Å². The normalized spacial score (nSPS) is 19.0. The quantitative estimate of drug-likeness (QED) is 0.801. The number of ether oxygens (including phenoxy) is 1. The second-order valence-corrected chi connectivity index (χ2v) is 7.75. The minimum atomic E-state index is -0.464. The van der Waals surface area contributed by atoms with Crippen molar-refractivity contribution in [3.63, 3.8) is 0 Å². The number of nitrogens with one attached hydrogen (secondary N) is 1. The number of fused-ring (bicyclic) bond motifs is 2. The predicted octanol–water partition coefficient (Wildman–Crippen LogP) is 4.82. The monoisotopic (exact) mass is 388 g/mol. The van der Waals surface area contributed by atoms with Crippen molar-refractivity contribution in [2.24, 2.45) is 0 Å². The summed E-state index contributed by atoms with van der Waals surface area (Å²) in [5.41, 5.74) is 2.92. The van der Waals surface area contributed by atoms with Crippen LogP contribution in [0.1, 0.15) is 36.9 Å². The molecule has 6 heteroatoms. The molecule has 0 unspecified atom stereocenters. The van der Waals surface area contributed by atoms with E-state index in [0.29, 0.717) is 19.8 Å². The van der Waals surface area contributed by atoms with Crippen LogP contribution >= 0.6 is 11.6 Å². The van der Waals surface area contributed by atoms with Crippen molar-refractivity contribution in [2.75, 3.05) is 24.7 Å². The lowest BCUT2D eigenvalue weighted by atomic mass is 9.76. The third-order valence-corrected chi connectivity index (χ3v) is 6.00. The largest absolute Gasteiger partial charge is 0.381 e. The molecule has 2 aromatic rings. The van der Waals surface area contributed by atoms with Crippen molar-refractivity contribution in [2.45, 2.75) is 31.2 Å². The Hall–Kier alpha value is -2.11. The molecule has 1 saturated heterocycles. The lowest BCUT2D eigenvalue weighted by Crippen LogP contribution is -2.45. The van der Waals surface area contributed by atoms with Crippen molar-refractivity contribution >= 4 is 23.3 Å². The highest BCUT2D eigenvalue weighted by atomic mass is 35.5. The molecule has 0 bridgehead atoms. The van der Waals surface area contributed by atoms with Gasteiger partial charge in [-0.15, -0.1) is 0 Å². The van der Waals surface area contributed by atoms with E-state index in [0.717, 1.165) is 24.1 Å². The zero-order valence-corrected chi connectivity index (χ0v) is 15.9. The predicted molar refractivity (Wildman–Crippen MR) is 104 cm³/mol. The number of amides is 2. The van der Waals surface area contributed by atoms with Gasteiger partial charge in [-0.3, -0.25) is 4.90 Å². The number of hydrogen-bond donors (Lipinski definition) is 1. The van der Waals surface area contributed by atoms with Gasteiger partial charge in [0.25, 0.3) is 0 Å². The Bertz CT molecular complexity index is 867. The van der Waals surface area contributed by atoms with E-state index in [4.69, 9.17) is 16.3 Å². The molecular weight excluding hydrogens is 367 g/mol. The first kappa shape index (κ1) is 18.3. The highest BCUT2D eigenvalue weighted by Crippen LogP contribution is 2.46. The third-order valence-electron chi connectivity index (χ3n) is 5.71. The molecule has 2 aromatic carbocycles. The first-order valence-corrected chi connectivity index (χ1v) is 9.58. The van der Waals surface area contributed by atoms with Gasteiger partial charge in [-0.2, -0.15) is 0 Å². The van der Waals surface area contributed by atoms with E-state index in [2.05, 4.69) is 11.4 Å². The SMILES string of the molecule is C[C@@H](NC(=O)N1CC2(CCOCC2)c2ccccc21)c1ccc(F)c(Cl)c1. The Morgan fingerprint density at radius 3 is 2.74 bits per heavy atom. The van der Waals surface area contributed by atoms with Crippen LogP contribution in [0.15, 0.2) is 42.5 Å². The van der Waals surface area contributed by atoms with Crippen molar-refractivity contribution in [1.29, 1.82) is 0 Å². The summed E-state index contributed by atoms with van der Waals surface area (Å²) in [5, 5.41) is 3.08. The summed E-state index contributed by atoms with van der Waals surface area (Å²) in [6, 6.07) is 12.2. The lowest BCUT2D eigenvalue weighted by Gasteiger charge is -2.34. The van der Waals surface area contributed by atoms with E-state index in [-0.39, 0.29) is 22.5 Å². The summed E-state index contributed by atoms with van der Waals surface area (Å²) in [4.78, 5) is 14.9. The van der Waals surface area contributed by atoms with Gasteiger partial charge in [0.1, 0.15) is 5.82 Å². The molecule has 2 heterocycles. The van der Waals surface area contributed by atoms with E-state index >= 15 is 0 Å². The van der Waals surface area contributed by atoms with Gasteiger partial charge >= 0.3 is 6.03 Å². The first-order chi connectivity index (χ1) is 13.0. The summed E-state index contributed by atoms with van der Waals surface area (Å²) in [7, 11) is 0. The number of carbonyl (C=O) groups is 1. The van der Waals surface area contributed by atoms with Crippen LogP contribution in [0.2, 0.25) is 5.02 Å². The van der Waals surface area contributed by atoms with E-state index in [1.165, 1.54) is 11.6 Å². The number of carbonyl (C=O) groups excluding carboxylic acids is 1. The number of hydrogen-bond acceptors (Lipinski definition) is 2. The number of nitrogens with zero attached hydrogens (tertiary/aromatic N) is 1. The highest BCUT2D eigenvalue weighted by molar-refractivity contribution is 6.30. The number of para-hydroxylation sites is 1. The average Bonchev–Trinajstić information content (AvgIpc) is 2.99. The molecule has 2 aliphatic heterocycles. The van der Waals surface area contributed by atoms with Gasteiger partial charge < -0.3 is 10.1 Å². The van der Waals surface area contributed by atoms with Crippen LogP contribution in [0.25, 0.3) is 0 Å². The van der Waals surface area contributed by atoms with Crippen LogP contribution in [-0.4, -0.2) is 25.8 Å². The fraction of sp³-hybridized carbons (Fsp3) is 0.381. The van der Waals surface area contributed by atoms with Crippen molar-refractivity contribution in [3.8, 4) is 0 Å². The van der Waals surface area contributed by atoms with Crippen LogP contribution in [0.3, 0.4) is 0 Å². The van der Waals surface area contributed by atoms with Gasteiger partial charge in [0.15, 0.2) is 0 Å². The molecule has 1 spiro atoms. The Balaban J connectivity index is 1.56. The molecule has 4 rings (SSSR count). The molecule has 0 aromatic heterocycles. The second kappa shape index (κ2) is 7.13. The molecular formula is C21H22ClFN2O2. The topological polar surface area (TPSA) is 41.6 Å². The molecule has 27 heavy (non-hydrogen) atoms. The Kier molecular flexibility index (Phi) is 4.82. The fourth-order valence-electron chi connectivity index (χ4n) is 4.13. The molecule has 1 fully saturated rings. The van der Waals surface area contributed by atoms with Crippen LogP contribution in [0.4, 0.5) is 14.9 Å². The summed E-state index contributed by atoms with van der Waals surface area (Å²) in [5.74, 6) is -0.464. The zero-order chi connectivity index (χ0) is 19.0. The Labute approximate surface area is 163 Å². The van der Waals surface area contributed by atoms with Gasteiger partial charge in [0, 0.05) is 30.9 Å². The molecule has 2 amide bonds. The van der Waals surface area contributed by atoms with Crippen LogP contribution in [-0.2, 0) is 10.2 Å². The summed E-state index contributed by atoms with van der Waals surface area (Å²) < 4.78 is 18.9. The van der Waals surface area contributed by atoms with Gasteiger partial charge in [-0.1, -0.05) is 35.9 Å². The second-order valence-electron chi connectivity index (χ2n) is 7.34. The molecule has 0 saturated carbocycles. The summed E-state index contributed by atoms with van der Waals surface area (Å²) in [6.07, 6.45) is 1.83. The molecule has 0 aliphatic carbocycles. The maximum absolute atomic E-state index is 13.4. The maximum atomic E-state index is 13.4. The molecule has 1 N–H and O–H groups in total. The minimum absolute atomic E-state index is 0.0331. The molecule has 142 valence electrons. The van der Waals surface area contributed by atoms with Crippen molar-refractivity contribution < 1.29 is 13.9 Å². The van der Waals surface area contributed by atoms with Crippen LogP contribution in [0, 0.1) is 5.82 Å². The molecule has 2 aliphatic rings. The van der Waals surface area contributed by atoms with E-state index < -0.39 is 5.82 Å². The average molecular weight is 389 g/mol. The number of anilines is 1. The van der Waals surface area contributed by atoms with Gasteiger partial charge in [0.2, 0.25) is 0 Å². The Morgan fingerprint density at radius 2 is 2.00 bits per heavy atom. The van der Waals surface area contributed by atoms with Crippen LogP contribution in [0.5, 0.6) is 0 Å². The van der Waals surface area contributed by atoms with Crippen molar-refractivity contribution in [3.05, 3.63) is 64.4 Å². The third kappa shape index (κ3) is 3.30. The van der Waals surface area contributed by atoms with Crippen LogP contribution < -0.4 is 10.2 Å². The van der Waals surface area contributed by atoms with Gasteiger partial charge in [-0.25, -0.2) is 9.18 Å². The minimum Gasteiger partial charge on any atom is -0.381 e. The number of halogens is 2. The standard InChI is InChI=1S/C21H22ClFN2O2/c1-14(15-6-7-18(23)17(22)12-15)24-20(26)25-13-21(8-10-27-11-9-21)16-4-2-3-5-19(16)25/h2-7,12,14H,8-11,13H2,1H3,(H,24,26)/t14-/m1/s1. The molecule has 4 nitrogen and oxygen atoms in total. The maximum Gasteiger partial charge on any atom is 0.322 e. The van der Waals surface area contributed by atoms with Gasteiger partial charge in [0.05, 0.1) is 11.1 Å². The highest BCUT2D eigenvalue weighted by Gasteiger charge is 2.45. The van der Waals surface area contributed by atoms with Crippen molar-refractivity contribution in [1.82, 2.24) is 5.32 Å².